The Morgan fingerprint density at radius 1 is 1.60 bits per heavy atom. The highest BCUT2D eigenvalue weighted by atomic mass is 32.2. The molecule has 3 rings (SSSR count). The van der Waals surface area contributed by atoms with Crippen molar-refractivity contribution < 1.29 is 14.3 Å². The number of aliphatic carboxylic acids is 1. The van der Waals surface area contributed by atoms with Gasteiger partial charge in [-0.05, 0) is 30.4 Å². The zero-order valence-corrected chi connectivity index (χ0v) is 12.2. The molecule has 0 amide bonds. The predicted octanol–water partition coefficient (Wildman–Crippen LogP) is 3.03. The van der Waals surface area contributed by atoms with Gasteiger partial charge in [0.05, 0.1) is 16.8 Å². The van der Waals surface area contributed by atoms with Crippen LogP contribution in [0, 0.1) is 5.82 Å². The van der Waals surface area contributed by atoms with E-state index in [0.29, 0.717) is 5.16 Å². The van der Waals surface area contributed by atoms with Crippen LogP contribution in [0.4, 0.5) is 4.39 Å². The molecule has 1 atom stereocenters. The fourth-order valence-corrected chi connectivity index (χ4v) is 4.35. The van der Waals surface area contributed by atoms with E-state index < -0.39 is 5.97 Å². The summed E-state index contributed by atoms with van der Waals surface area (Å²) in [5.41, 5.74) is 1.47. The topological polar surface area (TPSA) is 55.1 Å². The molecule has 106 valence electrons. The molecule has 0 saturated carbocycles. The number of thioether (sulfide) groups is 2. The molecule has 0 radical (unpaired) electrons. The molecule has 2 aromatic rings. The Labute approximate surface area is 123 Å². The van der Waals surface area contributed by atoms with Gasteiger partial charge in [-0.15, -0.1) is 0 Å². The number of carboxylic acids is 1. The van der Waals surface area contributed by atoms with Gasteiger partial charge in [0.15, 0.2) is 5.16 Å². The number of carboxylic acid groups (broad SMARTS) is 1. The van der Waals surface area contributed by atoms with Crippen LogP contribution in [0.25, 0.3) is 11.0 Å². The number of aromatic nitrogens is 2. The molecule has 0 spiro atoms. The minimum absolute atomic E-state index is 0.0360. The molecule has 4 nitrogen and oxygen atoms in total. The number of benzene rings is 1. The average Bonchev–Trinajstić information content (AvgIpc) is 3.02. The molecule has 0 bridgehead atoms. The van der Waals surface area contributed by atoms with Crippen molar-refractivity contribution in [2.24, 2.45) is 0 Å². The Bertz CT molecular complexity index is 653. The molecule has 1 aliphatic rings. The monoisotopic (exact) mass is 312 g/mol. The Morgan fingerprint density at radius 2 is 2.45 bits per heavy atom. The average molecular weight is 312 g/mol. The maximum atomic E-state index is 13.5. The fourth-order valence-electron chi connectivity index (χ4n) is 2.35. The number of hydrogen-bond acceptors (Lipinski definition) is 4. The summed E-state index contributed by atoms with van der Waals surface area (Å²) in [5.74, 6) is 0.830. The van der Waals surface area contributed by atoms with Crippen LogP contribution in [-0.2, 0) is 4.79 Å². The number of rotatable bonds is 4. The first-order chi connectivity index (χ1) is 9.65. The highest BCUT2D eigenvalue weighted by molar-refractivity contribution is 8.00. The van der Waals surface area contributed by atoms with Crippen LogP contribution in [0.2, 0.25) is 0 Å². The molecule has 20 heavy (non-hydrogen) atoms. The molecule has 1 aromatic carbocycles. The first-order valence-electron chi connectivity index (χ1n) is 6.25. The van der Waals surface area contributed by atoms with Crippen molar-refractivity contribution >= 4 is 40.5 Å². The summed E-state index contributed by atoms with van der Waals surface area (Å²) in [5, 5.41) is 9.50. The first kappa shape index (κ1) is 13.8. The maximum Gasteiger partial charge on any atom is 0.313 e. The van der Waals surface area contributed by atoms with Crippen LogP contribution in [0.15, 0.2) is 23.4 Å². The van der Waals surface area contributed by atoms with Crippen LogP contribution >= 0.6 is 23.5 Å². The van der Waals surface area contributed by atoms with Gasteiger partial charge < -0.3 is 9.67 Å². The highest BCUT2D eigenvalue weighted by Crippen LogP contribution is 2.35. The van der Waals surface area contributed by atoms with Crippen molar-refractivity contribution in [3.8, 4) is 0 Å². The van der Waals surface area contributed by atoms with Crippen molar-refractivity contribution in [3.63, 3.8) is 0 Å². The lowest BCUT2D eigenvalue weighted by Crippen LogP contribution is -2.10. The minimum atomic E-state index is -0.874. The normalized spacial score (nSPS) is 18.8. The second-order valence-electron chi connectivity index (χ2n) is 4.60. The van der Waals surface area contributed by atoms with Crippen molar-refractivity contribution in [2.75, 3.05) is 17.3 Å². The van der Waals surface area contributed by atoms with Gasteiger partial charge in [-0.2, -0.15) is 11.8 Å². The summed E-state index contributed by atoms with van der Waals surface area (Å²) >= 11 is 3.05. The standard InChI is InChI=1S/C13H13FN2O2S2/c14-8-1-2-10-11(5-8)16(9-3-4-19-6-9)13(15-10)20-7-12(17)18/h1-2,5,9H,3-4,6-7H2,(H,17,18). The smallest absolute Gasteiger partial charge is 0.313 e. The fraction of sp³-hybridized carbons (Fsp3) is 0.385. The maximum absolute atomic E-state index is 13.5. The Morgan fingerprint density at radius 3 is 3.15 bits per heavy atom. The summed E-state index contributed by atoms with van der Waals surface area (Å²) in [6.45, 7) is 0. The Hall–Kier alpha value is -1.21. The van der Waals surface area contributed by atoms with Crippen molar-refractivity contribution in [1.82, 2.24) is 9.55 Å². The lowest BCUT2D eigenvalue weighted by Gasteiger charge is -2.14. The highest BCUT2D eigenvalue weighted by Gasteiger charge is 2.23. The molecule has 2 heterocycles. The zero-order chi connectivity index (χ0) is 14.1. The lowest BCUT2D eigenvalue weighted by atomic mass is 10.2. The quantitative estimate of drug-likeness (QED) is 0.880. The van der Waals surface area contributed by atoms with Gasteiger partial charge in [-0.1, -0.05) is 11.8 Å². The number of nitrogens with zero attached hydrogens (tertiary/aromatic N) is 2. The number of carbonyl (C=O) groups is 1. The van der Waals surface area contributed by atoms with E-state index in [2.05, 4.69) is 4.98 Å². The summed E-state index contributed by atoms with van der Waals surface area (Å²) in [6, 6.07) is 4.78. The van der Waals surface area contributed by atoms with Gasteiger partial charge >= 0.3 is 5.97 Å². The third kappa shape index (κ3) is 2.64. The number of imidazole rings is 1. The molecular formula is C13H13FN2O2S2. The third-order valence-electron chi connectivity index (χ3n) is 3.21. The minimum Gasteiger partial charge on any atom is -0.481 e. The van der Waals surface area contributed by atoms with Crippen LogP contribution in [0.3, 0.4) is 0 Å². The Balaban J connectivity index is 2.06. The summed E-state index contributed by atoms with van der Waals surface area (Å²) in [6.07, 6.45) is 1.01. The molecule has 1 unspecified atom stereocenters. The van der Waals surface area contributed by atoms with Crippen molar-refractivity contribution in [2.45, 2.75) is 17.6 Å². The SMILES string of the molecule is O=C(O)CSc1nc2ccc(F)cc2n1C1CCSC1. The molecule has 1 N–H and O–H groups in total. The van der Waals surface area contributed by atoms with E-state index in [1.54, 1.807) is 6.07 Å². The molecule has 0 aliphatic carbocycles. The van der Waals surface area contributed by atoms with Crippen molar-refractivity contribution in [3.05, 3.63) is 24.0 Å². The van der Waals surface area contributed by atoms with E-state index in [-0.39, 0.29) is 17.6 Å². The van der Waals surface area contributed by atoms with E-state index >= 15 is 0 Å². The van der Waals surface area contributed by atoms with Crippen LogP contribution in [0.1, 0.15) is 12.5 Å². The molecule has 1 saturated heterocycles. The second-order valence-corrected chi connectivity index (χ2v) is 6.69. The van der Waals surface area contributed by atoms with E-state index in [4.69, 9.17) is 5.11 Å². The predicted molar refractivity (Wildman–Crippen MR) is 79.0 cm³/mol. The van der Waals surface area contributed by atoms with E-state index in [9.17, 15) is 9.18 Å². The van der Waals surface area contributed by atoms with Gasteiger partial charge in [-0.3, -0.25) is 4.79 Å². The number of halogens is 1. The third-order valence-corrected chi connectivity index (χ3v) is 5.30. The molecule has 1 fully saturated rings. The van der Waals surface area contributed by atoms with E-state index in [1.165, 1.54) is 23.9 Å². The summed E-state index contributed by atoms with van der Waals surface area (Å²) < 4.78 is 15.5. The van der Waals surface area contributed by atoms with Gasteiger partial charge in [0.1, 0.15) is 5.82 Å². The molecule has 1 aliphatic heterocycles. The first-order valence-corrected chi connectivity index (χ1v) is 8.39. The van der Waals surface area contributed by atoms with Gasteiger partial charge in [0.2, 0.25) is 0 Å². The zero-order valence-electron chi connectivity index (χ0n) is 10.6. The van der Waals surface area contributed by atoms with Crippen LogP contribution in [-0.4, -0.2) is 37.9 Å². The molecule has 7 heteroatoms. The van der Waals surface area contributed by atoms with Gasteiger partial charge in [0.25, 0.3) is 0 Å². The molecular weight excluding hydrogens is 299 g/mol. The van der Waals surface area contributed by atoms with Gasteiger partial charge in [0, 0.05) is 11.8 Å². The summed E-state index contributed by atoms with van der Waals surface area (Å²) in [4.78, 5) is 15.2. The molecule has 1 aromatic heterocycles. The summed E-state index contributed by atoms with van der Waals surface area (Å²) in [7, 11) is 0. The second kappa shape index (κ2) is 5.65. The lowest BCUT2D eigenvalue weighted by molar-refractivity contribution is -0.133. The van der Waals surface area contributed by atoms with Crippen molar-refractivity contribution in [1.29, 1.82) is 0 Å². The van der Waals surface area contributed by atoms with Crippen LogP contribution < -0.4 is 0 Å². The number of hydrogen-bond donors (Lipinski definition) is 1. The van der Waals surface area contributed by atoms with E-state index in [0.717, 1.165) is 29.0 Å². The number of fused-ring (bicyclic) bond motifs is 1. The largest absolute Gasteiger partial charge is 0.481 e. The van der Waals surface area contributed by atoms with Crippen LogP contribution in [0.5, 0.6) is 0 Å². The Kier molecular flexibility index (Phi) is 3.89. The van der Waals surface area contributed by atoms with Gasteiger partial charge in [-0.25, -0.2) is 9.37 Å². The van der Waals surface area contributed by atoms with E-state index in [1.807, 2.05) is 16.3 Å².